The number of allylic oxidation sites excluding steroid dienone is 1. The average molecular weight is 264 g/mol. The Bertz CT molecular complexity index is 228. The summed E-state index contributed by atoms with van der Waals surface area (Å²) in [6.45, 7) is 2.12. The highest BCUT2D eigenvalue weighted by molar-refractivity contribution is 5.19. The van der Waals surface area contributed by atoms with E-state index in [2.05, 4.69) is 19.2 Å². The summed E-state index contributed by atoms with van der Waals surface area (Å²) in [5.74, 6) is 0. The van der Waals surface area contributed by atoms with Gasteiger partial charge in [-0.05, 0) is 12.5 Å². The number of hydrogen-bond acceptors (Lipinski definition) is 0. The van der Waals surface area contributed by atoms with E-state index >= 15 is 0 Å². The molecule has 62 valence electrons. The lowest BCUT2D eigenvalue weighted by Gasteiger charge is -1.79. The van der Waals surface area contributed by atoms with Crippen molar-refractivity contribution < 1.29 is 28.5 Å². The van der Waals surface area contributed by atoms with Crippen LogP contribution in [0.2, 0.25) is 0 Å². The summed E-state index contributed by atoms with van der Waals surface area (Å²) in [6, 6.07) is 0. The smallest absolute Gasteiger partial charge is 0.248 e. The fourth-order valence-corrected chi connectivity index (χ4v) is 0.785. The van der Waals surface area contributed by atoms with Crippen LogP contribution < -0.4 is 28.5 Å². The number of halogens is 1. The number of imidazole rings is 1. The number of aromatic nitrogens is 2. The minimum absolute atomic E-state index is 0. The van der Waals surface area contributed by atoms with Crippen molar-refractivity contribution in [2.75, 3.05) is 0 Å². The molecule has 0 fully saturated rings. The van der Waals surface area contributed by atoms with Gasteiger partial charge in [-0.25, -0.2) is 9.13 Å². The third-order valence-electron chi connectivity index (χ3n) is 1.30. The van der Waals surface area contributed by atoms with E-state index in [0.717, 1.165) is 6.42 Å². The second-order valence-corrected chi connectivity index (χ2v) is 2.32. The van der Waals surface area contributed by atoms with E-state index in [9.17, 15) is 0 Å². The van der Waals surface area contributed by atoms with E-state index in [1.807, 2.05) is 34.9 Å². The van der Waals surface area contributed by atoms with Crippen LogP contribution in [0.3, 0.4) is 0 Å². The number of hydrogen-bond donors (Lipinski definition) is 0. The molecule has 3 heteroatoms. The first-order valence-electron chi connectivity index (χ1n) is 3.52. The van der Waals surface area contributed by atoms with Crippen LogP contribution in [-0.2, 0) is 7.05 Å². The van der Waals surface area contributed by atoms with Crippen LogP contribution in [0.25, 0.3) is 6.20 Å². The Morgan fingerprint density at radius 3 is 2.73 bits per heavy atom. The molecule has 1 heterocycles. The van der Waals surface area contributed by atoms with Gasteiger partial charge in [-0.1, -0.05) is 6.92 Å². The van der Waals surface area contributed by atoms with Gasteiger partial charge in [0.2, 0.25) is 6.33 Å². The zero-order chi connectivity index (χ0) is 7.40. The van der Waals surface area contributed by atoms with Crippen molar-refractivity contribution in [3.63, 3.8) is 0 Å². The van der Waals surface area contributed by atoms with Gasteiger partial charge in [-0.15, -0.1) is 0 Å². The van der Waals surface area contributed by atoms with Crippen LogP contribution in [0.15, 0.2) is 24.8 Å². The summed E-state index contributed by atoms with van der Waals surface area (Å²) in [5.41, 5.74) is 0. The molecule has 11 heavy (non-hydrogen) atoms. The molecule has 1 aromatic rings. The quantitative estimate of drug-likeness (QED) is 0.440. The molecule has 2 nitrogen and oxygen atoms in total. The van der Waals surface area contributed by atoms with E-state index in [-0.39, 0.29) is 24.0 Å². The van der Waals surface area contributed by atoms with Crippen LogP contribution in [0.1, 0.15) is 13.3 Å². The van der Waals surface area contributed by atoms with E-state index in [1.54, 1.807) is 0 Å². The topological polar surface area (TPSA) is 8.81 Å². The predicted octanol–water partition coefficient (Wildman–Crippen LogP) is -1.80. The zero-order valence-corrected chi connectivity index (χ0v) is 9.02. The average Bonchev–Trinajstić information content (AvgIpc) is 2.31. The minimum atomic E-state index is 0. The van der Waals surface area contributed by atoms with E-state index in [0.29, 0.717) is 0 Å². The maximum atomic E-state index is 2.12. The van der Waals surface area contributed by atoms with Gasteiger partial charge in [0.1, 0.15) is 12.4 Å². The molecule has 0 N–H and O–H groups in total. The molecular formula is C8H13IN2. The Morgan fingerprint density at radius 2 is 2.27 bits per heavy atom. The summed E-state index contributed by atoms with van der Waals surface area (Å²) >= 11 is 0. The van der Waals surface area contributed by atoms with E-state index < -0.39 is 0 Å². The van der Waals surface area contributed by atoms with Crippen molar-refractivity contribution in [1.82, 2.24) is 4.57 Å². The summed E-state index contributed by atoms with van der Waals surface area (Å²) in [6.07, 6.45) is 11.3. The molecule has 0 aliphatic heterocycles. The van der Waals surface area contributed by atoms with Crippen LogP contribution in [0.4, 0.5) is 0 Å². The Balaban J connectivity index is 0.000001000. The van der Waals surface area contributed by atoms with Crippen LogP contribution in [-0.4, -0.2) is 4.57 Å². The monoisotopic (exact) mass is 264 g/mol. The molecule has 0 bridgehead atoms. The molecule has 1 rings (SSSR count). The van der Waals surface area contributed by atoms with Crippen molar-refractivity contribution in [2.45, 2.75) is 13.3 Å². The highest BCUT2D eigenvalue weighted by atomic mass is 127. The molecule has 0 saturated carbocycles. The molecule has 0 unspecified atom stereocenters. The maximum absolute atomic E-state index is 2.12. The lowest BCUT2D eigenvalue weighted by Crippen LogP contribution is -3.00. The molecule has 0 saturated heterocycles. The summed E-state index contributed by atoms with van der Waals surface area (Å²) in [7, 11) is 2.01. The first-order valence-corrected chi connectivity index (χ1v) is 3.52. The lowest BCUT2D eigenvalue weighted by atomic mass is 10.5. The van der Waals surface area contributed by atoms with Gasteiger partial charge in [0.25, 0.3) is 0 Å². The van der Waals surface area contributed by atoms with Gasteiger partial charge in [0.05, 0.1) is 13.2 Å². The minimum Gasteiger partial charge on any atom is -1.00 e. The third-order valence-corrected chi connectivity index (χ3v) is 1.30. The zero-order valence-electron chi connectivity index (χ0n) is 6.87. The van der Waals surface area contributed by atoms with Crippen LogP contribution in [0.5, 0.6) is 0 Å². The third kappa shape index (κ3) is 3.55. The van der Waals surface area contributed by atoms with Crippen molar-refractivity contribution in [3.8, 4) is 0 Å². The number of rotatable bonds is 2. The lowest BCUT2D eigenvalue weighted by molar-refractivity contribution is -0.670. The molecular weight excluding hydrogens is 251 g/mol. The van der Waals surface area contributed by atoms with Crippen molar-refractivity contribution in [3.05, 3.63) is 24.8 Å². The van der Waals surface area contributed by atoms with Crippen LogP contribution >= 0.6 is 0 Å². The van der Waals surface area contributed by atoms with Gasteiger partial charge in [0, 0.05) is 0 Å². The highest BCUT2D eigenvalue weighted by Gasteiger charge is 1.91. The summed E-state index contributed by atoms with van der Waals surface area (Å²) in [4.78, 5) is 0. The van der Waals surface area contributed by atoms with Crippen molar-refractivity contribution in [2.24, 2.45) is 7.05 Å². The van der Waals surface area contributed by atoms with E-state index in [4.69, 9.17) is 0 Å². The van der Waals surface area contributed by atoms with Gasteiger partial charge in [-0.3, -0.25) is 0 Å². The first kappa shape index (κ1) is 10.7. The molecule has 0 aliphatic rings. The van der Waals surface area contributed by atoms with Gasteiger partial charge in [0.15, 0.2) is 0 Å². The fourth-order valence-electron chi connectivity index (χ4n) is 0.785. The SMILES string of the molecule is CCC=Cn1cc[n+](C)c1.[I-]. The first-order chi connectivity index (χ1) is 4.83. The van der Waals surface area contributed by atoms with Gasteiger partial charge < -0.3 is 24.0 Å². The Hall–Kier alpha value is -0.320. The summed E-state index contributed by atoms with van der Waals surface area (Å²) < 4.78 is 4.05. The van der Waals surface area contributed by atoms with E-state index in [1.165, 1.54) is 0 Å². The molecule has 0 radical (unpaired) electrons. The Morgan fingerprint density at radius 1 is 1.55 bits per heavy atom. The van der Waals surface area contributed by atoms with Gasteiger partial charge in [-0.2, -0.15) is 0 Å². The van der Waals surface area contributed by atoms with Gasteiger partial charge >= 0.3 is 0 Å². The second-order valence-electron chi connectivity index (χ2n) is 2.32. The number of nitrogens with zero attached hydrogens (tertiary/aromatic N) is 2. The maximum Gasteiger partial charge on any atom is 0.248 e. The summed E-state index contributed by atoms with van der Waals surface area (Å²) in [5, 5.41) is 0. The van der Waals surface area contributed by atoms with Crippen molar-refractivity contribution >= 4 is 6.20 Å². The Labute approximate surface area is 84.6 Å². The highest BCUT2D eigenvalue weighted by Crippen LogP contribution is 1.86. The van der Waals surface area contributed by atoms with Crippen LogP contribution in [0, 0.1) is 0 Å². The molecule has 0 spiro atoms. The molecule has 0 amide bonds. The largest absolute Gasteiger partial charge is 1.00 e. The second kappa shape index (κ2) is 5.35. The predicted molar refractivity (Wildman–Crippen MR) is 41.2 cm³/mol. The molecule has 0 aliphatic carbocycles. The fraction of sp³-hybridized carbons (Fsp3) is 0.375. The normalized spacial score (nSPS) is 10.0. The standard InChI is InChI=1S/C8H13N2.HI/c1-3-4-5-10-7-6-9(2)8-10;/h4-8H,3H2,1-2H3;1H/q+1;/p-1. The molecule has 1 aromatic heterocycles. The molecule has 0 aromatic carbocycles. The Kier molecular flexibility index (Phi) is 5.19. The van der Waals surface area contributed by atoms with Crippen molar-refractivity contribution in [1.29, 1.82) is 0 Å². The molecule has 0 atom stereocenters. The number of aryl methyl sites for hydroxylation is 1.